The highest BCUT2D eigenvalue weighted by Gasteiger charge is 2.56. The number of rotatable bonds is 0. The molecule has 3 nitrogen and oxygen atoms in total. The normalized spacial score (nSPS) is 27.3. The average Bonchev–Trinajstić information content (AvgIpc) is 3.08. The molecule has 1 saturated heterocycles. The zero-order valence-electron chi connectivity index (χ0n) is 10.7. The van der Waals surface area contributed by atoms with E-state index in [1.54, 1.807) is 0 Å². The fourth-order valence-corrected chi connectivity index (χ4v) is 2.80. The van der Waals surface area contributed by atoms with E-state index in [-0.39, 0.29) is 17.8 Å². The molecule has 0 N–H and O–H groups in total. The first-order valence-electron chi connectivity index (χ1n) is 6.30. The van der Waals surface area contributed by atoms with Crippen LogP contribution >= 0.6 is 0 Å². The van der Waals surface area contributed by atoms with Crippen LogP contribution in [0.5, 0.6) is 5.75 Å². The van der Waals surface area contributed by atoms with E-state index >= 15 is 0 Å². The highest BCUT2D eigenvalue weighted by Crippen LogP contribution is 2.54. The molecular formula is C15H15NO2. The number of aromatic nitrogens is 1. The third-order valence-corrected chi connectivity index (χ3v) is 3.82. The first-order valence-corrected chi connectivity index (χ1v) is 6.30. The number of aryl methyl sites for hydroxylation is 1. The third kappa shape index (κ3) is 1.31. The van der Waals surface area contributed by atoms with E-state index in [0.29, 0.717) is 0 Å². The van der Waals surface area contributed by atoms with Gasteiger partial charge in [0.15, 0.2) is 0 Å². The Morgan fingerprint density at radius 3 is 2.89 bits per heavy atom. The molecule has 0 aliphatic carbocycles. The fraction of sp³-hybridized carbons (Fsp3) is 0.400. The highest BCUT2D eigenvalue weighted by molar-refractivity contribution is 5.82. The summed E-state index contributed by atoms with van der Waals surface area (Å²) in [4.78, 5) is 4.56. The van der Waals surface area contributed by atoms with Crippen LogP contribution in [0.15, 0.2) is 24.3 Å². The zero-order valence-corrected chi connectivity index (χ0v) is 10.7. The van der Waals surface area contributed by atoms with Crippen LogP contribution in [0.2, 0.25) is 0 Å². The van der Waals surface area contributed by atoms with Crippen molar-refractivity contribution in [2.45, 2.75) is 38.6 Å². The van der Waals surface area contributed by atoms with Gasteiger partial charge in [0.25, 0.3) is 0 Å². The minimum Gasteiger partial charge on any atom is -0.485 e. The van der Waals surface area contributed by atoms with Gasteiger partial charge in [0.1, 0.15) is 23.6 Å². The molecule has 4 rings (SSSR count). The van der Waals surface area contributed by atoms with Gasteiger partial charge >= 0.3 is 0 Å². The Morgan fingerprint density at radius 1 is 1.22 bits per heavy atom. The Kier molecular flexibility index (Phi) is 1.74. The molecule has 1 fully saturated rings. The van der Waals surface area contributed by atoms with Gasteiger partial charge in [-0.25, -0.2) is 0 Å². The van der Waals surface area contributed by atoms with Gasteiger partial charge in [0.2, 0.25) is 0 Å². The summed E-state index contributed by atoms with van der Waals surface area (Å²) in [6.07, 6.45) is 0.378. The van der Waals surface area contributed by atoms with Crippen molar-refractivity contribution < 1.29 is 9.47 Å². The molecule has 2 unspecified atom stereocenters. The summed E-state index contributed by atoms with van der Waals surface area (Å²) in [6.45, 7) is 6.17. The second-order valence-corrected chi connectivity index (χ2v) is 5.72. The SMILES string of the molecule is Cc1ccc2cc3c(cc2n1)C1OC1C(C)(C)O3. The maximum atomic E-state index is 6.06. The number of benzene rings is 1. The van der Waals surface area contributed by atoms with Gasteiger partial charge in [-0.15, -0.1) is 0 Å². The zero-order chi connectivity index (χ0) is 12.5. The smallest absolute Gasteiger partial charge is 0.132 e. The van der Waals surface area contributed by atoms with Crippen molar-refractivity contribution in [3.05, 3.63) is 35.5 Å². The summed E-state index contributed by atoms with van der Waals surface area (Å²) >= 11 is 0. The van der Waals surface area contributed by atoms with Crippen molar-refractivity contribution in [1.29, 1.82) is 0 Å². The molecule has 18 heavy (non-hydrogen) atoms. The van der Waals surface area contributed by atoms with Crippen molar-refractivity contribution in [2.75, 3.05) is 0 Å². The van der Waals surface area contributed by atoms with E-state index in [2.05, 4.69) is 37.0 Å². The summed E-state index contributed by atoms with van der Waals surface area (Å²) in [7, 11) is 0. The molecular weight excluding hydrogens is 226 g/mol. The second-order valence-electron chi connectivity index (χ2n) is 5.72. The molecule has 2 aliphatic heterocycles. The third-order valence-electron chi connectivity index (χ3n) is 3.82. The lowest BCUT2D eigenvalue weighted by atomic mass is 9.93. The van der Waals surface area contributed by atoms with Crippen LogP contribution in [0.4, 0.5) is 0 Å². The molecule has 92 valence electrons. The molecule has 1 aromatic carbocycles. The molecule has 2 aliphatic rings. The van der Waals surface area contributed by atoms with Crippen LogP contribution in [0.25, 0.3) is 10.9 Å². The number of fused-ring (bicyclic) bond motifs is 4. The number of hydrogen-bond donors (Lipinski definition) is 0. The van der Waals surface area contributed by atoms with Crippen molar-refractivity contribution >= 4 is 10.9 Å². The van der Waals surface area contributed by atoms with E-state index in [1.807, 2.05) is 13.0 Å². The summed E-state index contributed by atoms with van der Waals surface area (Å²) in [5, 5.41) is 1.12. The quantitative estimate of drug-likeness (QED) is 0.664. The monoisotopic (exact) mass is 241 g/mol. The van der Waals surface area contributed by atoms with Gasteiger partial charge in [-0.1, -0.05) is 6.07 Å². The predicted molar refractivity (Wildman–Crippen MR) is 68.8 cm³/mol. The van der Waals surface area contributed by atoms with E-state index < -0.39 is 0 Å². The molecule has 1 aromatic heterocycles. The summed E-state index contributed by atoms with van der Waals surface area (Å²) in [5.41, 5.74) is 2.97. The van der Waals surface area contributed by atoms with Gasteiger partial charge in [0, 0.05) is 16.6 Å². The van der Waals surface area contributed by atoms with Crippen molar-refractivity contribution in [1.82, 2.24) is 4.98 Å². The lowest BCUT2D eigenvalue weighted by molar-refractivity contribution is 0.0727. The van der Waals surface area contributed by atoms with E-state index in [9.17, 15) is 0 Å². The highest BCUT2D eigenvalue weighted by atomic mass is 16.6. The van der Waals surface area contributed by atoms with Crippen molar-refractivity contribution in [3.63, 3.8) is 0 Å². The van der Waals surface area contributed by atoms with Gasteiger partial charge < -0.3 is 9.47 Å². The van der Waals surface area contributed by atoms with Crippen molar-refractivity contribution in [3.8, 4) is 5.75 Å². The number of epoxide rings is 1. The first-order chi connectivity index (χ1) is 8.54. The van der Waals surface area contributed by atoms with E-state index in [1.165, 1.54) is 0 Å². The largest absolute Gasteiger partial charge is 0.485 e. The van der Waals surface area contributed by atoms with Crippen LogP contribution in [-0.4, -0.2) is 16.7 Å². The molecule has 2 aromatic rings. The average molecular weight is 241 g/mol. The van der Waals surface area contributed by atoms with Crippen molar-refractivity contribution in [2.24, 2.45) is 0 Å². The first kappa shape index (κ1) is 10.3. The molecule has 2 atom stereocenters. The predicted octanol–water partition coefficient (Wildman–Crippen LogP) is 3.15. The summed E-state index contributed by atoms with van der Waals surface area (Å²) < 4.78 is 11.8. The number of nitrogens with zero attached hydrogens (tertiary/aromatic N) is 1. The van der Waals surface area contributed by atoms with Gasteiger partial charge in [0.05, 0.1) is 5.52 Å². The standard InChI is InChI=1S/C15H15NO2/c1-8-4-5-9-6-12-10(7-11(9)16-8)13-14(17-13)15(2,3)18-12/h4-7,13-14H,1-3H3. The molecule has 0 amide bonds. The lowest BCUT2D eigenvalue weighted by Crippen LogP contribution is -2.37. The van der Waals surface area contributed by atoms with Crippen LogP contribution in [-0.2, 0) is 4.74 Å². The molecule has 0 bridgehead atoms. The minimum atomic E-state index is -0.233. The van der Waals surface area contributed by atoms with E-state index in [4.69, 9.17) is 9.47 Å². The maximum absolute atomic E-state index is 6.06. The summed E-state index contributed by atoms with van der Waals surface area (Å²) in [5.74, 6) is 0.942. The fourth-order valence-electron chi connectivity index (χ4n) is 2.80. The Morgan fingerprint density at radius 2 is 2.06 bits per heavy atom. The van der Waals surface area contributed by atoms with Crippen LogP contribution in [0, 0.1) is 6.92 Å². The molecule has 0 radical (unpaired) electrons. The van der Waals surface area contributed by atoms with E-state index in [0.717, 1.165) is 27.9 Å². The van der Waals surface area contributed by atoms with Gasteiger partial charge in [-0.3, -0.25) is 4.98 Å². The topological polar surface area (TPSA) is 34.7 Å². The lowest BCUT2D eigenvalue weighted by Gasteiger charge is -2.29. The number of pyridine rings is 1. The Balaban J connectivity index is 1.95. The summed E-state index contributed by atoms with van der Waals surface area (Å²) in [6, 6.07) is 8.31. The van der Waals surface area contributed by atoms with Gasteiger partial charge in [-0.05, 0) is 39.0 Å². The minimum absolute atomic E-state index is 0.187. The number of ether oxygens (including phenoxy) is 2. The second kappa shape index (κ2) is 3.04. The van der Waals surface area contributed by atoms with Gasteiger partial charge in [-0.2, -0.15) is 0 Å². The Bertz CT molecular complexity index is 663. The molecule has 0 spiro atoms. The Hall–Kier alpha value is -1.61. The van der Waals surface area contributed by atoms with Crippen LogP contribution in [0.3, 0.4) is 0 Å². The maximum Gasteiger partial charge on any atom is 0.132 e. The van der Waals surface area contributed by atoms with Crippen LogP contribution < -0.4 is 4.74 Å². The number of hydrogen-bond acceptors (Lipinski definition) is 3. The molecule has 0 saturated carbocycles. The van der Waals surface area contributed by atoms with Crippen LogP contribution in [0.1, 0.15) is 31.2 Å². The molecule has 3 heteroatoms. The molecule has 3 heterocycles. The Labute approximate surface area is 106 Å².